The molecule has 0 amide bonds. The standard InChI is InChI=1S/3C10H8NO.Al/c3*1-7-5-6-11-10-8(7)3-2-4-9(10)12;/h3*2-5,12H,1H3;. The molecular weight excluding hydrogens is 477 g/mol. The van der Waals surface area contributed by atoms with Crippen LogP contribution in [0.3, 0.4) is 0 Å². The van der Waals surface area contributed by atoms with Crippen LogP contribution in [0.1, 0.15) is 16.7 Å². The predicted molar refractivity (Wildman–Crippen MR) is 149 cm³/mol. The second-order valence-corrected chi connectivity index (χ2v) is 12.2. The van der Waals surface area contributed by atoms with E-state index in [1.54, 1.807) is 18.2 Å². The maximum Gasteiger partial charge on any atom is 0.466 e. The van der Waals surface area contributed by atoms with Crippen LogP contribution in [0.25, 0.3) is 32.7 Å². The Balaban J connectivity index is 1.70. The molecule has 0 bridgehead atoms. The lowest BCUT2D eigenvalue weighted by atomic mass is 10.1. The minimum atomic E-state index is -2.44. The number of pyridine rings is 3. The number of para-hydroxylation sites is 3. The zero-order valence-electron chi connectivity index (χ0n) is 20.7. The Bertz CT molecular complexity index is 1650. The van der Waals surface area contributed by atoms with Gasteiger partial charge in [0.1, 0.15) is 33.8 Å². The Labute approximate surface area is 217 Å². The minimum absolute atomic E-state index is 0.121. The van der Waals surface area contributed by atoms with Gasteiger partial charge in [0.15, 0.2) is 0 Å². The fraction of sp³-hybridized carbons (Fsp3) is 0.100. The summed E-state index contributed by atoms with van der Waals surface area (Å²) < 4.78 is 2.40. The molecule has 3 N–H and O–H groups in total. The van der Waals surface area contributed by atoms with Gasteiger partial charge in [-0.05, 0) is 69.3 Å². The van der Waals surface area contributed by atoms with Gasteiger partial charge in [-0.25, -0.2) is 0 Å². The molecule has 3 aromatic carbocycles. The van der Waals surface area contributed by atoms with E-state index in [1.807, 2.05) is 57.2 Å². The van der Waals surface area contributed by atoms with Crippen LogP contribution < -0.4 is 13.7 Å². The van der Waals surface area contributed by atoms with E-state index in [4.69, 9.17) is 15.0 Å². The first-order valence-corrected chi connectivity index (χ1v) is 13.8. The van der Waals surface area contributed by atoms with E-state index in [-0.39, 0.29) is 17.2 Å². The van der Waals surface area contributed by atoms with Crippen molar-refractivity contribution < 1.29 is 15.3 Å². The van der Waals surface area contributed by atoms with Crippen LogP contribution in [0, 0.1) is 20.8 Å². The second kappa shape index (κ2) is 8.74. The molecule has 3 aromatic heterocycles. The number of phenolic OH excluding ortho intramolecular Hbond substituents is 3. The Morgan fingerprint density at radius 3 is 1.08 bits per heavy atom. The molecule has 37 heavy (non-hydrogen) atoms. The van der Waals surface area contributed by atoms with Crippen molar-refractivity contribution in [3.8, 4) is 17.2 Å². The summed E-state index contributed by atoms with van der Waals surface area (Å²) in [5.41, 5.74) is 4.60. The molecule has 0 aliphatic rings. The molecule has 0 fully saturated rings. The van der Waals surface area contributed by atoms with Gasteiger partial charge in [-0.1, -0.05) is 54.6 Å². The summed E-state index contributed by atoms with van der Waals surface area (Å²) in [4.78, 5) is 14.9. The van der Waals surface area contributed by atoms with Crippen LogP contribution in [0.5, 0.6) is 17.2 Å². The molecule has 3 heterocycles. The van der Waals surface area contributed by atoms with Crippen molar-refractivity contribution in [3.05, 3.63) is 89.5 Å². The number of hydrogen-bond acceptors (Lipinski definition) is 6. The smallest absolute Gasteiger partial charge is 0.466 e. The molecule has 0 radical (unpaired) electrons. The Hall–Kier alpha value is -4.18. The van der Waals surface area contributed by atoms with Crippen molar-refractivity contribution in [1.82, 2.24) is 15.0 Å². The summed E-state index contributed by atoms with van der Waals surface area (Å²) in [7, 11) is 0. The minimum Gasteiger partial charge on any atom is -0.506 e. The first kappa shape index (κ1) is 23.2. The van der Waals surface area contributed by atoms with Crippen molar-refractivity contribution in [2.24, 2.45) is 0 Å². The van der Waals surface area contributed by atoms with Crippen molar-refractivity contribution >= 4 is 60.5 Å². The van der Waals surface area contributed by atoms with Crippen molar-refractivity contribution in [3.63, 3.8) is 0 Å². The number of fused-ring (bicyclic) bond motifs is 3. The maximum atomic E-state index is 10.6. The molecule has 0 unspecified atom stereocenters. The van der Waals surface area contributed by atoms with E-state index in [2.05, 4.69) is 18.2 Å². The van der Waals surface area contributed by atoms with E-state index in [1.165, 1.54) is 0 Å². The van der Waals surface area contributed by atoms with Gasteiger partial charge in [-0.3, -0.25) is 15.0 Å². The van der Waals surface area contributed by atoms with Crippen molar-refractivity contribution in [1.29, 1.82) is 0 Å². The van der Waals surface area contributed by atoms with E-state index >= 15 is 0 Å². The lowest BCUT2D eigenvalue weighted by Crippen LogP contribution is -2.56. The molecule has 0 spiro atoms. The molecule has 0 saturated carbocycles. The average molecular weight is 502 g/mol. The number of rotatable bonds is 3. The van der Waals surface area contributed by atoms with Gasteiger partial charge in [0, 0.05) is 16.2 Å². The zero-order valence-corrected chi connectivity index (χ0v) is 21.8. The molecule has 0 aliphatic carbocycles. The van der Waals surface area contributed by atoms with Crippen molar-refractivity contribution in [2.45, 2.75) is 20.8 Å². The van der Waals surface area contributed by atoms with Crippen LogP contribution >= 0.6 is 0 Å². The lowest BCUT2D eigenvalue weighted by molar-refractivity contribution is 0.480. The Kier molecular flexibility index (Phi) is 5.49. The van der Waals surface area contributed by atoms with Crippen LogP contribution in [0.15, 0.2) is 72.8 Å². The van der Waals surface area contributed by atoms with E-state index in [0.29, 0.717) is 16.6 Å². The molecule has 0 atom stereocenters. The summed E-state index contributed by atoms with van der Waals surface area (Å²) in [5.74, 6) is 0.363. The maximum absolute atomic E-state index is 10.6. The number of aryl methyl sites for hydroxylation is 3. The molecule has 6 aromatic rings. The number of aromatic nitrogens is 3. The highest BCUT2D eigenvalue weighted by Gasteiger charge is 2.33. The summed E-state index contributed by atoms with van der Waals surface area (Å²) in [6, 6.07) is 22.4. The molecule has 6 rings (SSSR count). The normalized spacial score (nSPS) is 11.4. The Morgan fingerprint density at radius 1 is 0.486 bits per heavy atom. The predicted octanol–water partition coefficient (Wildman–Crippen LogP) is 3.89. The van der Waals surface area contributed by atoms with E-state index in [9.17, 15) is 15.3 Å². The molecular formula is C30H24AlN3O3. The highest BCUT2D eigenvalue weighted by molar-refractivity contribution is 6.94. The van der Waals surface area contributed by atoms with Gasteiger partial charge >= 0.3 is 14.1 Å². The third kappa shape index (κ3) is 3.84. The van der Waals surface area contributed by atoms with Crippen LogP contribution in [0.2, 0.25) is 0 Å². The summed E-state index contributed by atoms with van der Waals surface area (Å²) in [6.45, 7) is 6.02. The average Bonchev–Trinajstić information content (AvgIpc) is 2.86. The number of nitrogens with zero attached hydrogens (tertiary/aromatic N) is 3. The largest absolute Gasteiger partial charge is 0.506 e. The monoisotopic (exact) mass is 501 g/mol. The molecule has 6 nitrogen and oxygen atoms in total. The second-order valence-electron chi connectivity index (χ2n) is 9.54. The summed E-state index contributed by atoms with van der Waals surface area (Å²) in [5, 5.41) is 34.6. The van der Waals surface area contributed by atoms with Crippen LogP contribution in [-0.4, -0.2) is 44.4 Å². The first-order chi connectivity index (χ1) is 17.8. The number of hydrogen-bond donors (Lipinski definition) is 3. The Morgan fingerprint density at radius 2 is 0.784 bits per heavy atom. The number of phenols is 3. The van der Waals surface area contributed by atoms with Gasteiger partial charge in [0.05, 0.1) is 0 Å². The van der Waals surface area contributed by atoms with Gasteiger partial charge in [-0.15, -0.1) is 0 Å². The van der Waals surface area contributed by atoms with Gasteiger partial charge < -0.3 is 15.3 Å². The summed E-state index contributed by atoms with van der Waals surface area (Å²) >= 11 is -2.44. The highest BCUT2D eigenvalue weighted by Crippen LogP contribution is 2.27. The number of benzene rings is 3. The highest BCUT2D eigenvalue weighted by atomic mass is 27.2. The number of aromatic hydroxyl groups is 3. The fourth-order valence-corrected chi connectivity index (χ4v) is 8.12. The zero-order chi connectivity index (χ0) is 25.8. The third-order valence-corrected chi connectivity index (χ3v) is 9.68. The third-order valence-electron chi connectivity index (χ3n) is 7.02. The molecule has 0 saturated heterocycles. The van der Waals surface area contributed by atoms with Crippen LogP contribution in [-0.2, 0) is 0 Å². The van der Waals surface area contributed by atoms with Gasteiger partial charge in [0.2, 0.25) is 0 Å². The summed E-state index contributed by atoms with van der Waals surface area (Å²) in [6.07, 6.45) is 0. The van der Waals surface area contributed by atoms with Crippen molar-refractivity contribution in [2.75, 3.05) is 0 Å². The molecule has 0 aliphatic heterocycles. The van der Waals surface area contributed by atoms with Gasteiger partial charge in [0.25, 0.3) is 0 Å². The first-order valence-electron chi connectivity index (χ1n) is 12.1. The molecule has 7 heteroatoms. The fourth-order valence-electron chi connectivity index (χ4n) is 5.18. The van der Waals surface area contributed by atoms with E-state index in [0.717, 1.165) is 46.5 Å². The SMILES string of the molecule is Cc1c[c]([Al]([c]2cc(C)c3cccc(O)c3n2)[c]2cc(C)c3cccc(O)c3n2)nc2c(O)cccc12. The van der Waals surface area contributed by atoms with E-state index < -0.39 is 14.1 Å². The molecule has 180 valence electrons. The topological polar surface area (TPSA) is 99.4 Å². The quantitative estimate of drug-likeness (QED) is 0.318. The van der Waals surface area contributed by atoms with Gasteiger partial charge in [-0.2, -0.15) is 0 Å². The lowest BCUT2D eigenvalue weighted by Gasteiger charge is -2.17. The van der Waals surface area contributed by atoms with Crippen LogP contribution in [0.4, 0.5) is 0 Å².